The third kappa shape index (κ3) is 7.29. The highest BCUT2D eigenvalue weighted by Crippen LogP contribution is 2.36. The molecule has 0 spiro atoms. The molecular formula is C29H33N3O6S. The zero-order valence-corrected chi connectivity index (χ0v) is 23.1. The van der Waals surface area contributed by atoms with Crippen molar-refractivity contribution in [1.29, 1.82) is 0 Å². The number of carbonyl (C=O) groups is 2. The number of fused-ring (bicyclic) bond motifs is 1. The fourth-order valence-electron chi connectivity index (χ4n) is 4.37. The van der Waals surface area contributed by atoms with Crippen molar-refractivity contribution >= 4 is 27.5 Å². The number of sulfonamides is 1. The summed E-state index contributed by atoms with van der Waals surface area (Å²) in [7, 11) is -3.87. The maximum Gasteiger partial charge on any atom is 0.244 e. The second-order valence-corrected chi connectivity index (χ2v) is 11.6. The standard InChI is InChI=1S/C29H33N3O6S/c1-21(2)30-29(34)25(16-22-10-6-4-7-11-22)31(18-23-12-8-5-9-13-23)28(33)19-32(39(3,35)36)24-14-15-26-27(17-24)38-20-37-26/h4-15,17,21,25H,16,18-20H2,1-3H3,(H,30,34). The average Bonchev–Trinajstić information content (AvgIpc) is 3.37. The molecule has 1 unspecified atom stereocenters. The van der Waals surface area contributed by atoms with Crippen LogP contribution in [-0.4, -0.2) is 56.8 Å². The minimum atomic E-state index is -3.87. The van der Waals surface area contributed by atoms with E-state index in [9.17, 15) is 18.0 Å². The summed E-state index contributed by atoms with van der Waals surface area (Å²) in [6, 6.07) is 22.4. The molecule has 2 amide bonds. The highest BCUT2D eigenvalue weighted by molar-refractivity contribution is 7.92. The zero-order chi connectivity index (χ0) is 28.0. The van der Waals surface area contributed by atoms with E-state index in [0.29, 0.717) is 11.5 Å². The van der Waals surface area contributed by atoms with Crippen LogP contribution in [0.2, 0.25) is 0 Å². The van der Waals surface area contributed by atoms with E-state index in [1.165, 1.54) is 11.0 Å². The van der Waals surface area contributed by atoms with Crippen molar-refractivity contribution in [1.82, 2.24) is 10.2 Å². The van der Waals surface area contributed by atoms with Crippen molar-refractivity contribution in [3.05, 3.63) is 90.0 Å². The molecule has 1 N–H and O–H groups in total. The first-order valence-corrected chi connectivity index (χ1v) is 14.5. The molecule has 0 saturated carbocycles. The van der Waals surface area contributed by atoms with Crippen LogP contribution in [-0.2, 0) is 32.6 Å². The normalized spacial score (nSPS) is 13.1. The van der Waals surface area contributed by atoms with E-state index < -0.39 is 28.5 Å². The van der Waals surface area contributed by atoms with E-state index in [4.69, 9.17) is 9.47 Å². The van der Waals surface area contributed by atoms with E-state index in [2.05, 4.69) is 5.32 Å². The van der Waals surface area contributed by atoms with E-state index in [-0.39, 0.29) is 37.4 Å². The van der Waals surface area contributed by atoms with Crippen LogP contribution in [0.3, 0.4) is 0 Å². The molecule has 0 saturated heterocycles. The Labute approximate surface area is 229 Å². The Morgan fingerprint density at radius 2 is 1.51 bits per heavy atom. The Morgan fingerprint density at radius 1 is 0.897 bits per heavy atom. The molecule has 0 bridgehead atoms. The van der Waals surface area contributed by atoms with Gasteiger partial charge < -0.3 is 19.7 Å². The summed E-state index contributed by atoms with van der Waals surface area (Å²) >= 11 is 0. The van der Waals surface area contributed by atoms with Crippen molar-refractivity contribution < 1.29 is 27.5 Å². The summed E-state index contributed by atoms with van der Waals surface area (Å²) in [5.41, 5.74) is 1.96. The smallest absolute Gasteiger partial charge is 0.244 e. The zero-order valence-electron chi connectivity index (χ0n) is 22.2. The van der Waals surface area contributed by atoms with Crippen molar-refractivity contribution in [3.8, 4) is 11.5 Å². The fourth-order valence-corrected chi connectivity index (χ4v) is 5.21. The van der Waals surface area contributed by atoms with Gasteiger partial charge in [-0.1, -0.05) is 60.7 Å². The molecule has 10 heteroatoms. The number of hydrogen-bond donors (Lipinski definition) is 1. The monoisotopic (exact) mass is 551 g/mol. The highest BCUT2D eigenvalue weighted by Gasteiger charge is 2.33. The number of hydrogen-bond acceptors (Lipinski definition) is 6. The van der Waals surface area contributed by atoms with E-state index >= 15 is 0 Å². The predicted octanol–water partition coefficient (Wildman–Crippen LogP) is 3.35. The number of amides is 2. The van der Waals surface area contributed by atoms with Gasteiger partial charge in [-0.15, -0.1) is 0 Å². The van der Waals surface area contributed by atoms with Gasteiger partial charge in [0.05, 0.1) is 11.9 Å². The minimum Gasteiger partial charge on any atom is -0.454 e. The van der Waals surface area contributed by atoms with Crippen LogP contribution in [0.5, 0.6) is 11.5 Å². The summed E-state index contributed by atoms with van der Waals surface area (Å²) < 4.78 is 37.6. The molecule has 3 aromatic rings. The number of carbonyl (C=O) groups excluding carboxylic acids is 2. The van der Waals surface area contributed by atoms with Gasteiger partial charge in [0.2, 0.25) is 28.6 Å². The molecule has 4 rings (SSSR count). The number of ether oxygens (including phenoxy) is 2. The summed E-state index contributed by atoms with van der Waals surface area (Å²) in [6.45, 7) is 3.37. The number of nitrogens with zero attached hydrogens (tertiary/aromatic N) is 2. The first-order valence-electron chi connectivity index (χ1n) is 12.7. The molecule has 1 heterocycles. The van der Waals surface area contributed by atoms with Gasteiger partial charge in [0.25, 0.3) is 0 Å². The summed E-state index contributed by atoms with van der Waals surface area (Å²) in [6.07, 6.45) is 1.31. The molecule has 3 aromatic carbocycles. The summed E-state index contributed by atoms with van der Waals surface area (Å²) in [4.78, 5) is 29.0. The van der Waals surface area contributed by atoms with Gasteiger partial charge in [0.15, 0.2) is 11.5 Å². The third-order valence-corrected chi connectivity index (χ3v) is 7.36. The fraction of sp³-hybridized carbons (Fsp3) is 0.310. The Balaban J connectivity index is 1.71. The second-order valence-electron chi connectivity index (χ2n) is 9.68. The van der Waals surface area contributed by atoms with Gasteiger partial charge >= 0.3 is 0 Å². The van der Waals surface area contributed by atoms with Crippen LogP contribution in [0.4, 0.5) is 5.69 Å². The second kappa shape index (κ2) is 12.2. The van der Waals surface area contributed by atoms with E-state index in [1.54, 1.807) is 12.1 Å². The minimum absolute atomic E-state index is 0.0353. The topological polar surface area (TPSA) is 105 Å². The lowest BCUT2D eigenvalue weighted by Gasteiger charge is -2.34. The maximum atomic E-state index is 14.0. The van der Waals surface area contributed by atoms with Gasteiger partial charge in [-0.05, 0) is 37.1 Å². The molecule has 1 atom stereocenters. The molecule has 9 nitrogen and oxygen atoms in total. The van der Waals surface area contributed by atoms with Crippen molar-refractivity contribution in [2.45, 2.75) is 38.9 Å². The maximum absolute atomic E-state index is 14.0. The van der Waals surface area contributed by atoms with Crippen LogP contribution in [0.1, 0.15) is 25.0 Å². The summed E-state index contributed by atoms with van der Waals surface area (Å²) in [5.74, 6) is 0.0689. The van der Waals surface area contributed by atoms with Crippen LogP contribution in [0.25, 0.3) is 0 Å². The summed E-state index contributed by atoms with van der Waals surface area (Å²) in [5, 5.41) is 2.93. The first-order chi connectivity index (χ1) is 18.6. The van der Waals surface area contributed by atoms with Crippen LogP contribution in [0.15, 0.2) is 78.9 Å². The number of nitrogens with one attached hydrogen (secondary N) is 1. The Bertz CT molecular complexity index is 1400. The van der Waals surface area contributed by atoms with Gasteiger partial charge in [-0.25, -0.2) is 8.42 Å². The van der Waals surface area contributed by atoms with Crippen molar-refractivity contribution in [3.63, 3.8) is 0 Å². The Morgan fingerprint density at radius 3 is 2.13 bits per heavy atom. The number of anilines is 1. The van der Waals surface area contributed by atoms with Gasteiger partial charge in [-0.2, -0.15) is 0 Å². The van der Waals surface area contributed by atoms with Crippen LogP contribution < -0.4 is 19.1 Å². The SMILES string of the molecule is CC(C)NC(=O)C(Cc1ccccc1)N(Cc1ccccc1)C(=O)CN(c1ccc2c(c1)OCO2)S(C)(=O)=O. The lowest BCUT2D eigenvalue weighted by molar-refractivity contribution is -0.140. The van der Waals surface area contributed by atoms with Crippen LogP contribution >= 0.6 is 0 Å². The molecule has 0 aromatic heterocycles. The highest BCUT2D eigenvalue weighted by atomic mass is 32.2. The number of benzene rings is 3. The quantitative estimate of drug-likeness (QED) is 0.392. The molecular weight excluding hydrogens is 518 g/mol. The third-order valence-electron chi connectivity index (χ3n) is 6.22. The largest absolute Gasteiger partial charge is 0.454 e. The lowest BCUT2D eigenvalue weighted by atomic mass is 10.0. The molecule has 0 fully saturated rings. The molecule has 1 aliphatic heterocycles. The lowest BCUT2D eigenvalue weighted by Crippen LogP contribution is -2.54. The van der Waals surface area contributed by atoms with E-state index in [1.807, 2.05) is 74.5 Å². The average molecular weight is 552 g/mol. The molecule has 0 aliphatic carbocycles. The Kier molecular flexibility index (Phi) is 8.75. The first kappa shape index (κ1) is 28.0. The Hall–Kier alpha value is -4.05. The molecule has 1 aliphatic rings. The molecule has 39 heavy (non-hydrogen) atoms. The van der Waals surface area contributed by atoms with Crippen molar-refractivity contribution in [2.24, 2.45) is 0 Å². The van der Waals surface area contributed by atoms with Gasteiger partial charge in [-0.3, -0.25) is 13.9 Å². The van der Waals surface area contributed by atoms with Crippen LogP contribution in [0, 0.1) is 0 Å². The predicted molar refractivity (Wildman–Crippen MR) is 149 cm³/mol. The van der Waals surface area contributed by atoms with E-state index in [0.717, 1.165) is 21.7 Å². The molecule has 206 valence electrons. The molecule has 0 radical (unpaired) electrons. The van der Waals surface area contributed by atoms with Crippen molar-refractivity contribution in [2.75, 3.05) is 23.9 Å². The number of rotatable bonds is 11. The van der Waals surface area contributed by atoms with Gasteiger partial charge in [0, 0.05) is 25.1 Å². The van der Waals surface area contributed by atoms with Gasteiger partial charge in [0.1, 0.15) is 12.6 Å².